The lowest BCUT2D eigenvalue weighted by atomic mass is 9.73. The number of aliphatic hydroxyl groups is 1. The Morgan fingerprint density at radius 2 is 1.89 bits per heavy atom. The van der Waals surface area contributed by atoms with E-state index in [9.17, 15) is 23.1 Å². The summed E-state index contributed by atoms with van der Waals surface area (Å²) in [5.74, 6) is 0.277. The lowest BCUT2D eigenvalue weighted by Gasteiger charge is -2.38. The molecule has 1 aromatic carbocycles. The zero-order chi connectivity index (χ0) is 27.3. The number of benzene rings is 1. The average molecular weight is 552 g/mol. The van der Waals surface area contributed by atoms with Crippen LogP contribution in [-0.2, 0) is 23.0 Å². The maximum Gasteiger partial charge on any atom is 0.417 e. The van der Waals surface area contributed by atoms with Crippen LogP contribution in [0.2, 0.25) is 5.02 Å². The van der Waals surface area contributed by atoms with Crippen molar-refractivity contribution in [3.8, 4) is 5.75 Å². The van der Waals surface area contributed by atoms with Crippen LogP contribution in [0.25, 0.3) is 11.0 Å². The van der Waals surface area contributed by atoms with E-state index in [4.69, 9.17) is 21.1 Å². The molecular formula is C27H29ClF3N3O4. The summed E-state index contributed by atoms with van der Waals surface area (Å²) in [6, 6.07) is 7.98. The van der Waals surface area contributed by atoms with Gasteiger partial charge in [-0.15, -0.1) is 0 Å². The van der Waals surface area contributed by atoms with E-state index in [1.54, 1.807) is 43.0 Å². The van der Waals surface area contributed by atoms with Gasteiger partial charge in [-0.2, -0.15) is 13.2 Å². The molecule has 3 aromatic rings. The SMILES string of the molecule is CC(C)(CC(O)(Cc1cc2nc(C(=O)N3CCOCC3)ccc2[nH]1)C(F)(F)F)c1cc(Cl)cc2c1OCC2. The van der Waals surface area contributed by atoms with Crippen molar-refractivity contribution in [2.45, 2.75) is 50.3 Å². The molecule has 11 heteroatoms. The third kappa shape index (κ3) is 5.09. The van der Waals surface area contributed by atoms with Crippen molar-refractivity contribution in [1.29, 1.82) is 0 Å². The van der Waals surface area contributed by atoms with Gasteiger partial charge in [-0.3, -0.25) is 4.79 Å². The summed E-state index contributed by atoms with van der Waals surface area (Å²) < 4.78 is 54.3. The molecule has 204 valence electrons. The molecule has 5 rings (SSSR count). The van der Waals surface area contributed by atoms with E-state index >= 15 is 0 Å². The topological polar surface area (TPSA) is 87.7 Å². The minimum atomic E-state index is -4.92. The Bertz CT molecular complexity index is 1370. The zero-order valence-corrected chi connectivity index (χ0v) is 21.9. The van der Waals surface area contributed by atoms with Crippen LogP contribution in [0.15, 0.2) is 30.3 Å². The first-order chi connectivity index (χ1) is 17.9. The Labute approximate surface area is 222 Å². The van der Waals surface area contributed by atoms with Crippen molar-refractivity contribution in [3.63, 3.8) is 0 Å². The van der Waals surface area contributed by atoms with Crippen molar-refractivity contribution in [3.05, 3.63) is 57.9 Å². The molecule has 1 fully saturated rings. The second kappa shape index (κ2) is 9.73. The number of aromatic amines is 1. The number of fused-ring (bicyclic) bond motifs is 2. The number of rotatable bonds is 6. The third-order valence-electron chi connectivity index (χ3n) is 7.27. The molecule has 2 N–H and O–H groups in total. The number of hydrogen-bond acceptors (Lipinski definition) is 5. The van der Waals surface area contributed by atoms with Gasteiger partial charge in [0.25, 0.3) is 5.91 Å². The van der Waals surface area contributed by atoms with Gasteiger partial charge in [-0.05, 0) is 47.7 Å². The third-order valence-corrected chi connectivity index (χ3v) is 7.49. The molecule has 4 heterocycles. The summed E-state index contributed by atoms with van der Waals surface area (Å²) in [5.41, 5.74) is -1.61. The molecular weight excluding hydrogens is 523 g/mol. The molecule has 0 spiro atoms. The smallest absolute Gasteiger partial charge is 0.417 e. The maximum absolute atomic E-state index is 14.4. The van der Waals surface area contributed by atoms with Gasteiger partial charge in [0.2, 0.25) is 0 Å². The van der Waals surface area contributed by atoms with Crippen molar-refractivity contribution in [1.82, 2.24) is 14.9 Å². The van der Waals surface area contributed by atoms with Gasteiger partial charge in [0.05, 0.1) is 30.9 Å². The number of ether oxygens (including phenoxy) is 2. The Balaban J connectivity index is 1.43. The van der Waals surface area contributed by atoms with E-state index < -0.39 is 30.0 Å². The molecule has 0 saturated carbocycles. The van der Waals surface area contributed by atoms with Crippen LogP contribution in [0.4, 0.5) is 13.2 Å². The number of alkyl halides is 3. The van der Waals surface area contributed by atoms with Crippen molar-refractivity contribution >= 4 is 28.5 Å². The Morgan fingerprint density at radius 1 is 1.16 bits per heavy atom. The summed E-state index contributed by atoms with van der Waals surface area (Å²) in [6.45, 7) is 5.51. The van der Waals surface area contributed by atoms with E-state index in [0.29, 0.717) is 66.7 Å². The minimum Gasteiger partial charge on any atom is -0.493 e. The van der Waals surface area contributed by atoms with Crippen LogP contribution in [0.1, 0.15) is 47.6 Å². The lowest BCUT2D eigenvalue weighted by Crippen LogP contribution is -2.51. The quantitative estimate of drug-likeness (QED) is 0.458. The highest BCUT2D eigenvalue weighted by molar-refractivity contribution is 6.30. The molecule has 2 aromatic heterocycles. The number of carbonyl (C=O) groups is 1. The van der Waals surface area contributed by atoms with Gasteiger partial charge < -0.3 is 24.5 Å². The molecule has 1 saturated heterocycles. The summed E-state index contributed by atoms with van der Waals surface area (Å²) in [4.78, 5) is 21.7. The van der Waals surface area contributed by atoms with Gasteiger partial charge in [0.1, 0.15) is 11.4 Å². The van der Waals surface area contributed by atoms with Gasteiger partial charge in [0.15, 0.2) is 5.60 Å². The molecule has 38 heavy (non-hydrogen) atoms. The summed E-state index contributed by atoms with van der Waals surface area (Å²) in [5, 5.41) is 11.6. The number of morpholine rings is 1. The van der Waals surface area contributed by atoms with Gasteiger partial charge in [0, 0.05) is 42.2 Å². The molecule has 1 atom stereocenters. The average Bonchev–Trinajstić information content (AvgIpc) is 3.48. The molecule has 0 aliphatic carbocycles. The number of halogens is 4. The monoisotopic (exact) mass is 551 g/mol. The fourth-order valence-corrected chi connectivity index (χ4v) is 5.62. The second-order valence-electron chi connectivity index (χ2n) is 10.6. The largest absolute Gasteiger partial charge is 0.493 e. The highest BCUT2D eigenvalue weighted by atomic mass is 35.5. The normalized spacial score (nSPS) is 17.8. The predicted molar refractivity (Wildman–Crippen MR) is 136 cm³/mol. The molecule has 0 radical (unpaired) electrons. The molecule has 0 bridgehead atoms. The van der Waals surface area contributed by atoms with E-state index in [-0.39, 0.29) is 17.3 Å². The zero-order valence-electron chi connectivity index (χ0n) is 21.1. The fourth-order valence-electron chi connectivity index (χ4n) is 5.38. The minimum absolute atomic E-state index is 0.159. The maximum atomic E-state index is 14.4. The molecule has 2 aliphatic rings. The number of aromatic nitrogens is 2. The second-order valence-corrected chi connectivity index (χ2v) is 11.1. The molecule has 2 aliphatic heterocycles. The Kier molecular flexibility index (Phi) is 6.86. The molecule has 1 amide bonds. The van der Waals surface area contributed by atoms with E-state index in [1.807, 2.05) is 0 Å². The standard InChI is InChI=1S/C27H29ClF3N3O4/c1-25(2,19-12-17(28)11-16-5-8-38-23(16)19)15-26(36,27(29,30)31)14-18-13-22-20(32-18)3-4-21(33-22)24(35)34-6-9-37-10-7-34/h3-4,11-13,32,36H,5-10,14-15H2,1-2H3. The van der Waals surface area contributed by atoms with Crippen molar-refractivity contribution < 1.29 is 32.5 Å². The Morgan fingerprint density at radius 3 is 2.61 bits per heavy atom. The lowest BCUT2D eigenvalue weighted by molar-refractivity contribution is -0.266. The van der Waals surface area contributed by atoms with E-state index in [0.717, 1.165) is 5.56 Å². The number of amides is 1. The number of pyridine rings is 1. The van der Waals surface area contributed by atoms with E-state index in [1.165, 1.54) is 6.07 Å². The first-order valence-corrected chi connectivity index (χ1v) is 12.8. The molecule has 7 nitrogen and oxygen atoms in total. The van der Waals surface area contributed by atoms with Crippen LogP contribution in [0, 0.1) is 0 Å². The highest BCUT2D eigenvalue weighted by Gasteiger charge is 2.56. The number of nitrogens with one attached hydrogen (secondary N) is 1. The number of nitrogens with zero attached hydrogens (tertiary/aromatic N) is 2. The number of carbonyl (C=O) groups excluding carboxylic acids is 1. The summed E-state index contributed by atoms with van der Waals surface area (Å²) >= 11 is 6.27. The van der Waals surface area contributed by atoms with Crippen molar-refractivity contribution in [2.24, 2.45) is 0 Å². The predicted octanol–water partition coefficient (Wildman–Crippen LogP) is 4.83. The fraction of sp³-hybridized carbons (Fsp3) is 0.481. The number of hydrogen-bond donors (Lipinski definition) is 2. The highest BCUT2D eigenvalue weighted by Crippen LogP contribution is 2.47. The molecule has 1 unspecified atom stereocenters. The van der Waals surface area contributed by atoms with Crippen LogP contribution in [0.5, 0.6) is 5.75 Å². The van der Waals surface area contributed by atoms with Crippen molar-refractivity contribution in [2.75, 3.05) is 32.9 Å². The summed E-state index contributed by atoms with van der Waals surface area (Å²) in [7, 11) is 0. The van der Waals surface area contributed by atoms with Crippen LogP contribution in [-0.4, -0.2) is 70.6 Å². The first kappa shape index (κ1) is 26.8. The van der Waals surface area contributed by atoms with Gasteiger partial charge >= 0.3 is 6.18 Å². The van der Waals surface area contributed by atoms with Crippen LogP contribution >= 0.6 is 11.6 Å². The number of H-pyrrole nitrogens is 1. The van der Waals surface area contributed by atoms with Crippen LogP contribution < -0.4 is 4.74 Å². The summed E-state index contributed by atoms with van der Waals surface area (Å²) in [6.07, 6.45) is -5.63. The van der Waals surface area contributed by atoms with E-state index in [2.05, 4.69) is 9.97 Å². The first-order valence-electron chi connectivity index (χ1n) is 12.5. The van der Waals surface area contributed by atoms with Gasteiger partial charge in [-0.1, -0.05) is 25.4 Å². The Hall–Kier alpha value is -2.82. The van der Waals surface area contributed by atoms with Crippen LogP contribution in [0.3, 0.4) is 0 Å². The van der Waals surface area contributed by atoms with Gasteiger partial charge in [-0.25, -0.2) is 4.98 Å².